The van der Waals surface area contributed by atoms with Crippen LogP contribution in [0.2, 0.25) is 0 Å². The van der Waals surface area contributed by atoms with E-state index in [0.29, 0.717) is 27.5 Å². The number of carbonyl (C=O) groups excluding carboxylic acids is 2. The average molecular weight is 400 g/mol. The summed E-state index contributed by atoms with van der Waals surface area (Å²) in [6.07, 6.45) is 1.67. The van der Waals surface area contributed by atoms with Crippen LogP contribution in [-0.2, 0) is 4.79 Å². The first-order valence-corrected chi connectivity index (χ1v) is 9.12. The number of hydrogen-bond acceptors (Lipinski definition) is 6. The van der Waals surface area contributed by atoms with Crippen LogP contribution in [0.3, 0.4) is 0 Å². The molecule has 1 fully saturated rings. The van der Waals surface area contributed by atoms with E-state index in [9.17, 15) is 9.59 Å². The molecule has 1 N–H and O–H groups in total. The van der Waals surface area contributed by atoms with Crippen molar-refractivity contribution in [3.05, 3.63) is 64.6 Å². The fourth-order valence-electron chi connectivity index (χ4n) is 2.40. The van der Waals surface area contributed by atoms with Gasteiger partial charge in [-0.1, -0.05) is 30.0 Å². The zero-order valence-corrected chi connectivity index (χ0v) is 16.2. The van der Waals surface area contributed by atoms with E-state index >= 15 is 0 Å². The summed E-state index contributed by atoms with van der Waals surface area (Å²) in [7, 11) is 3.10. The van der Waals surface area contributed by atoms with Gasteiger partial charge in [0.05, 0.1) is 19.1 Å². The van der Waals surface area contributed by atoms with Crippen LogP contribution in [0.4, 0.5) is 0 Å². The SMILES string of the molecule is COc1ccc(/C=C2/SC(=S)N(NC(=O)c3ccccc3)C2=O)c(OC)c1. The predicted molar refractivity (Wildman–Crippen MR) is 108 cm³/mol. The summed E-state index contributed by atoms with van der Waals surface area (Å²) < 4.78 is 10.8. The van der Waals surface area contributed by atoms with Gasteiger partial charge in [-0.25, -0.2) is 0 Å². The molecular weight excluding hydrogens is 384 g/mol. The van der Waals surface area contributed by atoms with Crippen molar-refractivity contribution in [2.24, 2.45) is 0 Å². The Bertz CT molecular complexity index is 929. The van der Waals surface area contributed by atoms with E-state index < -0.39 is 11.8 Å². The molecule has 0 atom stereocenters. The van der Waals surface area contributed by atoms with Gasteiger partial charge in [0.25, 0.3) is 11.8 Å². The first-order valence-electron chi connectivity index (χ1n) is 7.89. The molecule has 6 nitrogen and oxygen atoms in total. The Hall–Kier alpha value is -2.84. The van der Waals surface area contributed by atoms with E-state index in [1.165, 1.54) is 7.11 Å². The third kappa shape index (κ3) is 4.12. The van der Waals surface area contributed by atoms with Crippen LogP contribution in [0.15, 0.2) is 53.4 Å². The van der Waals surface area contributed by atoms with Crippen molar-refractivity contribution in [2.45, 2.75) is 0 Å². The van der Waals surface area contributed by atoms with Crippen molar-refractivity contribution in [2.75, 3.05) is 14.2 Å². The highest BCUT2D eigenvalue weighted by atomic mass is 32.2. The van der Waals surface area contributed by atoms with Gasteiger partial charge in [-0.15, -0.1) is 0 Å². The second kappa shape index (κ2) is 8.24. The largest absolute Gasteiger partial charge is 0.497 e. The van der Waals surface area contributed by atoms with Crippen molar-refractivity contribution in [1.29, 1.82) is 0 Å². The zero-order chi connectivity index (χ0) is 19.4. The Kier molecular flexibility index (Phi) is 5.78. The van der Waals surface area contributed by atoms with Gasteiger partial charge >= 0.3 is 0 Å². The second-order valence-corrected chi connectivity index (χ2v) is 7.11. The second-order valence-electron chi connectivity index (χ2n) is 5.43. The minimum atomic E-state index is -0.407. The number of benzene rings is 2. The number of rotatable bonds is 5. The molecule has 27 heavy (non-hydrogen) atoms. The van der Waals surface area contributed by atoms with Crippen LogP contribution in [0.1, 0.15) is 15.9 Å². The van der Waals surface area contributed by atoms with Crippen LogP contribution < -0.4 is 14.9 Å². The number of nitrogens with one attached hydrogen (secondary N) is 1. The number of amides is 2. The van der Waals surface area contributed by atoms with Gasteiger partial charge in [-0.2, -0.15) is 5.01 Å². The maximum Gasteiger partial charge on any atom is 0.285 e. The molecule has 1 aliphatic rings. The highest BCUT2D eigenvalue weighted by Crippen LogP contribution is 2.34. The van der Waals surface area contributed by atoms with Gasteiger partial charge in [0.15, 0.2) is 4.32 Å². The normalized spacial score (nSPS) is 15.2. The van der Waals surface area contributed by atoms with Crippen molar-refractivity contribution in [3.63, 3.8) is 0 Å². The van der Waals surface area contributed by atoms with Gasteiger partial charge in [0.1, 0.15) is 11.5 Å². The molecular formula is C19H16N2O4S2. The maximum atomic E-state index is 12.7. The molecule has 0 aromatic heterocycles. The lowest BCUT2D eigenvalue weighted by Gasteiger charge is -2.15. The Morgan fingerprint density at radius 3 is 2.56 bits per heavy atom. The molecule has 138 valence electrons. The summed E-state index contributed by atoms with van der Waals surface area (Å²) in [6.45, 7) is 0. The number of nitrogens with zero attached hydrogens (tertiary/aromatic N) is 1. The van der Waals surface area contributed by atoms with Crippen LogP contribution in [0, 0.1) is 0 Å². The molecule has 0 unspecified atom stereocenters. The lowest BCUT2D eigenvalue weighted by Crippen LogP contribution is -2.44. The molecule has 2 aromatic carbocycles. The average Bonchev–Trinajstić information content (AvgIpc) is 2.96. The topological polar surface area (TPSA) is 67.9 Å². The maximum absolute atomic E-state index is 12.7. The molecule has 1 saturated heterocycles. The summed E-state index contributed by atoms with van der Waals surface area (Å²) in [5.41, 5.74) is 3.69. The van der Waals surface area contributed by atoms with Crippen molar-refractivity contribution >= 4 is 46.2 Å². The number of hydrogen-bond donors (Lipinski definition) is 1. The number of ether oxygens (including phenoxy) is 2. The molecule has 0 bridgehead atoms. The number of carbonyl (C=O) groups is 2. The van der Waals surface area contributed by atoms with Gasteiger partial charge < -0.3 is 9.47 Å². The van der Waals surface area contributed by atoms with E-state index in [4.69, 9.17) is 21.7 Å². The van der Waals surface area contributed by atoms with Gasteiger partial charge in [0, 0.05) is 17.2 Å². The molecule has 3 rings (SSSR count). The molecule has 0 saturated carbocycles. The third-order valence-corrected chi connectivity index (χ3v) is 5.07. The van der Waals surface area contributed by atoms with Crippen LogP contribution in [0.25, 0.3) is 6.08 Å². The number of hydrazine groups is 1. The van der Waals surface area contributed by atoms with E-state index in [-0.39, 0.29) is 4.32 Å². The van der Waals surface area contributed by atoms with Crippen molar-refractivity contribution in [3.8, 4) is 11.5 Å². The lowest BCUT2D eigenvalue weighted by molar-refractivity contribution is -0.123. The van der Waals surface area contributed by atoms with Crippen LogP contribution in [0.5, 0.6) is 11.5 Å². The Balaban J connectivity index is 1.82. The zero-order valence-electron chi connectivity index (χ0n) is 14.6. The highest BCUT2D eigenvalue weighted by Gasteiger charge is 2.34. The van der Waals surface area contributed by atoms with Crippen LogP contribution in [-0.4, -0.2) is 35.4 Å². The molecule has 0 aliphatic carbocycles. The summed E-state index contributed by atoms with van der Waals surface area (Å²) in [5, 5.41) is 1.08. The van der Waals surface area contributed by atoms with E-state index in [1.54, 1.807) is 61.7 Å². The van der Waals surface area contributed by atoms with E-state index in [2.05, 4.69) is 5.43 Å². The molecule has 8 heteroatoms. The summed E-state index contributed by atoms with van der Waals surface area (Å²) >= 11 is 6.35. The highest BCUT2D eigenvalue weighted by molar-refractivity contribution is 8.26. The fourth-order valence-corrected chi connectivity index (χ4v) is 3.57. The third-order valence-electron chi connectivity index (χ3n) is 3.77. The Labute approximate surface area is 166 Å². The fraction of sp³-hybridized carbons (Fsp3) is 0.105. The summed E-state index contributed by atoms with van der Waals surface area (Å²) in [5.74, 6) is 0.405. The van der Waals surface area contributed by atoms with Crippen molar-refractivity contribution in [1.82, 2.24) is 10.4 Å². The standard InChI is InChI=1S/C19H16N2O4S2/c1-24-14-9-8-13(15(11-14)25-2)10-16-18(23)21(19(26)27-16)20-17(22)12-6-4-3-5-7-12/h3-11H,1-2H3,(H,20,22)/b16-10+. The van der Waals surface area contributed by atoms with Crippen molar-refractivity contribution < 1.29 is 19.1 Å². The summed E-state index contributed by atoms with van der Waals surface area (Å²) in [4.78, 5) is 25.4. The Morgan fingerprint density at radius 1 is 1.15 bits per heavy atom. The molecule has 2 amide bonds. The van der Waals surface area contributed by atoms with Crippen LogP contribution >= 0.6 is 24.0 Å². The molecule has 0 spiro atoms. The van der Waals surface area contributed by atoms with Gasteiger partial charge in [-0.3, -0.25) is 15.0 Å². The molecule has 1 aliphatic heterocycles. The molecule has 0 radical (unpaired) electrons. The summed E-state index contributed by atoms with van der Waals surface area (Å²) in [6, 6.07) is 13.9. The predicted octanol–water partition coefficient (Wildman–Crippen LogP) is 3.25. The first kappa shape index (κ1) is 18.9. The van der Waals surface area contributed by atoms with Gasteiger partial charge in [0.2, 0.25) is 0 Å². The molecule has 1 heterocycles. The number of methoxy groups -OCH3 is 2. The number of thioether (sulfide) groups is 1. The van der Waals surface area contributed by atoms with E-state index in [0.717, 1.165) is 16.8 Å². The minimum Gasteiger partial charge on any atom is -0.497 e. The lowest BCUT2D eigenvalue weighted by atomic mass is 10.1. The monoisotopic (exact) mass is 400 g/mol. The Morgan fingerprint density at radius 2 is 1.89 bits per heavy atom. The minimum absolute atomic E-state index is 0.253. The molecule has 2 aromatic rings. The quantitative estimate of drug-likeness (QED) is 0.614. The first-order chi connectivity index (χ1) is 13.0. The smallest absolute Gasteiger partial charge is 0.285 e. The van der Waals surface area contributed by atoms with Gasteiger partial charge in [-0.05, 0) is 42.6 Å². The van der Waals surface area contributed by atoms with E-state index in [1.807, 2.05) is 0 Å². The number of thiocarbonyl (C=S) groups is 1.